The predicted octanol–water partition coefficient (Wildman–Crippen LogP) is 1.44. The van der Waals surface area contributed by atoms with Crippen LogP contribution in [0.1, 0.15) is 33.6 Å². The summed E-state index contributed by atoms with van der Waals surface area (Å²) in [5.74, 6) is -0.165. The lowest BCUT2D eigenvalue weighted by Crippen LogP contribution is -2.35. The summed E-state index contributed by atoms with van der Waals surface area (Å²) in [6.45, 7) is 7.62. The average molecular weight is 229 g/mol. The van der Waals surface area contributed by atoms with Crippen molar-refractivity contribution in [2.45, 2.75) is 45.3 Å². The first-order valence-corrected chi connectivity index (χ1v) is 5.95. The van der Waals surface area contributed by atoms with E-state index in [2.05, 4.69) is 13.8 Å². The molecule has 16 heavy (non-hydrogen) atoms. The van der Waals surface area contributed by atoms with Crippen LogP contribution in [0.25, 0.3) is 0 Å². The Morgan fingerprint density at radius 2 is 2.25 bits per heavy atom. The van der Waals surface area contributed by atoms with E-state index in [0.717, 1.165) is 19.4 Å². The maximum Gasteiger partial charge on any atom is 0.320 e. The minimum atomic E-state index is -0.165. The number of likely N-dealkylation sites (N-methyl/N-ethyl adjacent to an activating group) is 1. The van der Waals surface area contributed by atoms with Crippen LogP contribution >= 0.6 is 0 Å². The number of hydrogen-bond donors (Lipinski definition) is 0. The monoisotopic (exact) mass is 229 g/mol. The lowest BCUT2D eigenvalue weighted by atomic mass is 10.1. The van der Waals surface area contributed by atoms with Crippen molar-refractivity contribution in [1.29, 1.82) is 0 Å². The Labute approximate surface area is 97.9 Å². The van der Waals surface area contributed by atoms with Gasteiger partial charge in [-0.3, -0.25) is 9.69 Å². The first-order chi connectivity index (χ1) is 7.43. The molecule has 94 valence electrons. The third-order valence-electron chi connectivity index (χ3n) is 2.77. The van der Waals surface area contributed by atoms with Gasteiger partial charge in [-0.05, 0) is 40.7 Å². The van der Waals surface area contributed by atoms with Crippen LogP contribution in [0.4, 0.5) is 0 Å². The summed E-state index contributed by atoms with van der Waals surface area (Å²) in [6, 6.07) is 0. The van der Waals surface area contributed by atoms with Crippen LogP contribution in [-0.2, 0) is 14.3 Å². The van der Waals surface area contributed by atoms with Crippen molar-refractivity contribution >= 4 is 5.97 Å². The molecule has 1 fully saturated rings. The summed E-state index contributed by atoms with van der Waals surface area (Å²) >= 11 is 0. The molecule has 1 heterocycles. The first kappa shape index (κ1) is 13.5. The fourth-order valence-electron chi connectivity index (χ4n) is 2.05. The van der Waals surface area contributed by atoms with Crippen LogP contribution in [-0.4, -0.2) is 49.3 Å². The van der Waals surface area contributed by atoms with Crippen LogP contribution < -0.4 is 0 Å². The molecule has 0 aromatic heterocycles. The van der Waals surface area contributed by atoms with Gasteiger partial charge in [0.2, 0.25) is 0 Å². The molecule has 0 radical (unpaired) electrons. The highest BCUT2D eigenvalue weighted by atomic mass is 16.5. The molecule has 0 aromatic rings. The second-order valence-corrected chi connectivity index (χ2v) is 5.04. The van der Waals surface area contributed by atoms with Gasteiger partial charge in [0.05, 0.1) is 24.9 Å². The maximum atomic E-state index is 11.2. The van der Waals surface area contributed by atoms with Crippen molar-refractivity contribution in [3.8, 4) is 0 Å². The SMILES string of the molecule is CCOC(=O)CN(C)CC1CCC(C)(C)O1. The summed E-state index contributed by atoms with van der Waals surface area (Å²) in [5, 5.41) is 0. The van der Waals surface area contributed by atoms with E-state index in [4.69, 9.17) is 9.47 Å². The van der Waals surface area contributed by atoms with Crippen LogP contribution in [0.2, 0.25) is 0 Å². The van der Waals surface area contributed by atoms with Crippen molar-refractivity contribution in [3.63, 3.8) is 0 Å². The Bertz CT molecular complexity index is 240. The van der Waals surface area contributed by atoms with Gasteiger partial charge < -0.3 is 9.47 Å². The number of carbonyl (C=O) groups is 1. The lowest BCUT2D eigenvalue weighted by molar-refractivity contribution is -0.144. The molecular formula is C12H23NO3. The molecular weight excluding hydrogens is 206 g/mol. The van der Waals surface area contributed by atoms with Gasteiger partial charge in [0, 0.05) is 6.54 Å². The third kappa shape index (κ3) is 4.49. The molecule has 0 saturated carbocycles. The fourth-order valence-corrected chi connectivity index (χ4v) is 2.05. The average Bonchev–Trinajstić information content (AvgIpc) is 2.45. The van der Waals surface area contributed by atoms with Crippen molar-refractivity contribution in [2.75, 3.05) is 26.7 Å². The van der Waals surface area contributed by atoms with Gasteiger partial charge in [-0.1, -0.05) is 0 Å². The van der Waals surface area contributed by atoms with Gasteiger partial charge in [-0.2, -0.15) is 0 Å². The number of nitrogens with zero attached hydrogens (tertiary/aromatic N) is 1. The van der Waals surface area contributed by atoms with Crippen molar-refractivity contribution in [1.82, 2.24) is 4.90 Å². The van der Waals surface area contributed by atoms with Crippen LogP contribution in [0, 0.1) is 0 Å². The van der Waals surface area contributed by atoms with Crippen molar-refractivity contribution in [2.24, 2.45) is 0 Å². The molecule has 0 amide bonds. The molecule has 1 unspecified atom stereocenters. The molecule has 1 atom stereocenters. The van der Waals surface area contributed by atoms with Crippen LogP contribution in [0.15, 0.2) is 0 Å². The zero-order valence-electron chi connectivity index (χ0n) is 10.8. The van der Waals surface area contributed by atoms with Gasteiger partial charge in [-0.25, -0.2) is 0 Å². The fraction of sp³-hybridized carbons (Fsp3) is 0.917. The van der Waals surface area contributed by atoms with Crippen molar-refractivity contribution in [3.05, 3.63) is 0 Å². The molecule has 4 heteroatoms. The molecule has 1 aliphatic rings. The van der Waals surface area contributed by atoms with E-state index in [1.807, 2.05) is 18.9 Å². The van der Waals surface area contributed by atoms with Gasteiger partial charge in [0.25, 0.3) is 0 Å². The smallest absolute Gasteiger partial charge is 0.320 e. The van der Waals surface area contributed by atoms with Crippen molar-refractivity contribution < 1.29 is 14.3 Å². The maximum absolute atomic E-state index is 11.2. The Hall–Kier alpha value is -0.610. The van der Waals surface area contributed by atoms with E-state index in [-0.39, 0.29) is 17.7 Å². The second kappa shape index (κ2) is 5.64. The predicted molar refractivity (Wildman–Crippen MR) is 62.3 cm³/mol. The second-order valence-electron chi connectivity index (χ2n) is 5.04. The number of hydrogen-bond acceptors (Lipinski definition) is 4. The summed E-state index contributed by atoms with van der Waals surface area (Å²) < 4.78 is 10.8. The van der Waals surface area contributed by atoms with Crippen LogP contribution in [0.5, 0.6) is 0 Å². The summed E-state index contributed by atoms with van der Waals surface area (Å²) in [4.78, 5) is 13.2. The molecule has 0 aliphatic carbocycles. The summed E-state index contributed by atoms with van der Waals surface area (Å²) in [7, 11) is 1.92. The molecule has 1 aliphatic heterocycles. The van der Waals surface area contributed by atoms with E-state index in [0.29, 0.717) is 13.2 Å². The van der Waals surface area contributed by atoms with E-state index in [9.17, 15) is 4.79 Å². The first-order valence-electron chi connectivity index (χ1n) is 5.95. The van der Waals surface area contributed by atoms with E-state index < -0.39 is 0 Å². The van der Waals surface area contributed by atoms with Gasteiger partial charge >= 0.3 is 5.97 Å². The van der Waals surface area contributed by atoms with E-state index in [1.54, 1.807) is 0 Å². The Kier molecular flexibility index (Phi) is 4.74. The Balaban J connectivity index is 2.24. The lowest BCUT2D eigenvalue weighted by Gasteiger charge is -2.23. The van der Waals surface area contributed by atoms with Crippen LogP contribution in [0.3, 0.4) is 0 Å². The van der Waals surface area contributed by atoms with Gasteiger partial charge in [0.15, 0.2) is 0 Å². The number of esters is 1. The standard InChI is InChI=1S/C12H23NO3/c1-5-15-11(14)9-13(4)8-10-6-7-12(2,3)16-10/h10H,5-9H2,1-4H3. The zero-order valence-corrected chi connectivity index (χ0v) is 10.8. The summed E-state index contributed by atoms with van der Waals surface area (Å²) in [6.07, 6.45) is 2.40. The molecule has 0 spiro atoms. The Morgan fingerprint density at radius 3 is 2.75 bits per heavy atom. The molecule has 4 nitrogen and oxygen atoms in total. The third-order valence-corrected chi connectivity index (χ3v) is 2.77. The number of rotatable bonds is 5. The molecule has 0 bridgehead atoms. The normalized spacial score (nSPS) is 23.7. The van der Waals surface area contributed by atoms with Gasteiger partial charge in [-0.15, -0.1) is 0 Å². The highest BCUT2D eigenvalue weighted by Crippen LogP contribution is 2.29. The number of ether oxygens (including phenoxy) is 2. The largest absolute Gasteiger partial charge is 0.465 e. The van der Waals surface area contributed by atoms with E-state index >= 15 is 0 Å². The molecule has 0 N–H and O–H groups in total. The zero-order chi connectivity index (χ0) is 12.2. The summed E-state index contributed by atoms with van der Waals surface area (Å²) in [5.41, 5.74) is -0.00453. The molecule has 1 saturated heterocycles. The van der Waals surface area contributed by atoms with E-state index in [1.165, 1.54) is 0 Å². The minimum absolute atomic E-state index is 0.00453. The quantitative estimate of drug-likeness (QED) is 0.669. The highest BCUT2D eigenvalue weighted by Gasteiger charge is 2.32. The molecule has 1 rings (SSSR count). The minimum Gasteiger partial charge on any atom is -0.465 e. The highest BCUT2D eigenvalue weighted by molar-refractivity contribution is 5.71. The molecule has 0 aromatic carbocycles. The topological polar surface area (TPSA) is 38.8 Å². The Morgan fingerprint density at radius 1 is 1.56 bits per heavy atom. The number of carbonyl (C=O) groups excluding carboxylic acids is 1. The van der Waals surface area contributed by atoms with Gasteiger partial charge in [0.1, 0.15) is 0 Å².